The van der Waals surface area contributed by atoms with Crippen LogP contribution < -0.4 is 5.73 Å². The van der Waals surface area contributed by atoms with Crippen molar-refractivity contribution in [3.05, 3.63) is 48.0 Å². The molecular formula is C16H19N5. The highest BCUT2D eigenvalue weighted by Gasteiger charge is 2.11. The number of anilines is 1. The van der Waals surface area contributed by atoms with Crippen molar-refractivity contribution in [1.82, 2.24) is 19.5 Å². The molecule has 5 heteroatoms. The molecular weight excluding hydrogens is 262 g/mol. The first-order valence-electron chi connectivity index (χ1n) is 7.29. The van der Waals surface area contributed by atoms with Crippen LogP contribution in [0.3, 0.4) is 0 Å². The molecule has 3 aromatic rings. The Morgan fingerprint density at radius 2 is 1.95 bits per heavy atom. The first kappa shape index (κ1) is 13.5. The van der Waals surface area contributed by atoms with E-state index < -0.39 is 0 Å². The van der Waals surface area contributed by atoms with Gasteiger partial charge < -0.3 is 10.3 Å². The molecule has 0 aliphatic heterocycles. The molecule has 0 fully saturated rings. The van der Waals surface area contributed by atoms with Gasteiger partial charge in [0, 0.05) is 13.0 Å². The monoisotopic (exact) mass is 281 g/mol. The standard InChI is InChI=1S/C16H19N5/c1-2-3-9-13-19-15(17)14-16(20-13)18-11-21(14)10-12-7-5-4-6-8-12/h4-8,11H,2-3,9-10H2,1H3,(H2,17,19,20). The molecule has 0 aliphatic rings. The Hall–Kier alpha value is -2.43. The normalized spacial score (nSPS) is 11.1. The van der Waals surface area contributed by atoms with E-state index in [-0.39, 0.29) is 0 Å². The van der Waals surface area contributed by atoms with Crippen LogP contribution in [0.5, 0.6) is 0 Å². The maximum Gasteiger partial charge on any atom is 0.183 e. The van der Waals surface area contributed by atoms with Crippen LogP contribution in [-0.2, 0) is 13.0 Å². The van der Waals surface area contributed by atoms with Gasteiger partial charge in [-0.2, -0.15) is 0 Å². The van der Waals surface area contributed by atoms with Gasteiger partial charge in [0.25, 0.3) is 0 Å². The van der Waals surface area contributed by atoms with Crippen molar-refractivity contribution >= 4 is 17.0 Å². The molecule has 0 aliphatic carbocycles. The molecule has 1 aromatic carbocycles. The van der Waals surface area contributed by atoms with Crippen molar-refractivity contribution < 1.29 is 0 Å². The molecule has 0 unspecified atom stereocenters. The third kappa shape index (κ3) is 2.86. The van der Waals surface area contributed by atoms with Crippen molar-refractivity contribution in [3.8, 4) is 0 Å². The number of aromatic nitrogens is 4. The summed E-state index contributed by atoms with van der Waals surface area (Å²) in [6.07, 6.45) is 4.81. The van der Waals surface area contributed by atoms with E-state index in [0.717, 1.165) is 37.1 Å². The molecule has 2 N–H and O–H groups in total. The number of hydrogen-bond acceptors (Lipinski definition) is 4. The molecule has 21 heavy (non-hydrogen) atoms. The van der Waals surface area contributed by atoms with Gasteiger partial charge in [-0.05, 0) is 12.0 Å². The highest BCUT2D eigenvalue weighted by Crippen LogP contribution is 2.19. The molecule has 0 spiro atoms. The van der Waals surface area contributed by atoms with Crippen LogP contribution in [0, 0.1) is 0 Å². The van der Waals surface area contributed by atoms with E-state index in [4.69, 9.17) is 5.73 Å². The Labute approximate surface area is 123 Å². The Kier molecular flexibility index (Phi) is 3.81. The summed E-state index contributed by atoms with van der Waals surface area (Å²) in [6.45, 7) is 2.87. The molecule has 5 nitrogen and oxygen atoms in total. The lowest BCUT2D eigenvalue weighted by molar-refractivity contribution is 0.756. The Morgan fingerprint density at radius 3 is 2.71 bits per heavy atom. The second-order valence-corrected chi connectivity index (χ2v) is 5.16. The number of nitrogen functional groups attached to an aromatic ring is 1. The maximum absolute atomic E-state index is 6.12. The minimum absolute atomic E-state index is 0.513. The number of nitrogens with zero attached hydrogens (tertiary/aromatic N) is 4. The van der Waals surface area contributed by atoms with Crippen molar-refractivity contribution in [3.63, 3.8) is 0 Å². The summed E-state index contributed by atoms with van der Waals surface area (Å²) in [7, 11) is 0. The van der Waals surface area contributed by atoms with Crippen LogP contribution in [0.4, 0.5) is 5.82 Å². The van der Waals surface area contributed by atoms with Crippen molar-refractivity contribution in [2.75, 3.05) is 5.73 Å². The summed E-state index contributed by atoms with van der Waals surface area (Å²) in [5, 5.41) is 0. The molecule has 108 valence electrons. The fourth-order valence-electron chi connectivity index (χ4n) is 2.40. The van der Waals surface area contributed by atoms with Crippen LogP contribution >= 0.6 is 0 Å². The van der Waals surface area contributed by atoms with Gasteiger partial charge in [0.15, 0.2) is 11.5 Å². The lowest BCUT2D eigenvalue weighted by Gasteiger charge is -2.07. The lowest BCUT2D eigenvalue weighted by Crippen LogP contribution is -2.05. The molecule has 2 aromatic heterocycles. The molecule has 0 bridgehead atoms. The number of benzene rings is 1. The number of unbranched alkanes of at least 4 members (excludes halogenated alkanes) is 1. The van der Waals surface area contributed by atoms with Crippen LogP contribution in [0.25, 0.3) is 11.2 Å². The summed E-state index contributed by atoms with van der Waals surface area (Å²) in [5.41, 5.74) is 8.82. The molecule has 2 heterocycles. The highest BCUT2D eigenvalue weighted by atomic mass is 15.1. The Morgan fingerprint density at radius 1 is 1.14 bits per heavy atom. The largest absolute Gasteiger partial charge is 0.382 e. The van der Waals surface area contributed by atoms with Crippen molar-refractivity contribution in [2.24, 2.45) is 0 Å². The van der Waals surface area contributed by atoms with Crippen molar-refractivity contribution in [1.29, 1.82) is 0 Å². The van der Waals surface area contributed by atoms with E-state index in [0.29, 0.717) is 11.5 Å². The van der Waals surface area contributed by atoms with Crippen LogP contribution in [-0.4, -0.2) is 19.5 Å². The van der Waals surface area contributed by atoms with E-state index in [1.165, 1.54) is 5.56 Å². The molecule has 3 rings (SSSR count). The molecule has 0 saturated carbocycles. The van der Waals surface area contributed by atoms with Gasteiger partial charge >= 0.3 is 0 Å². The molecule has 0 amide bonds. The first-order valence-corrected chi connectivity index (χ1v) is 7.29. The van der Waals surface area contributed by atoms with Gasteiger partial charge in [0.05, 0.1) is 6.33 Å². The van der Waals surface area contributed by atoms with Crippen LogP contribution in [0.2, 0.25) is 0 Å². The van der Waals surface area contributed by atoms with E-state index in [9.17, 15) is 0 Å². The zero-order chi connectivity index (χ0) is 14.7. The summed E-state index contributed by atoms with van der Waals surface area (Å²) in [4.78, 5) is 13.3. The average Bonchev–Trinajstić information content (AvgIpc) is 2.90. The number of nitrogens with two attached hydrogens (primary N) is 1. The van der Waals surface area contributed by atoms with Gasteiger partial charge in [-0.1, -0.05) is 43.7 Å². The van der Waals surface area contributed by atoms with Gasteiger partial charge in [-0.15, -0.1) is 0 Å². The fourth-order valence-corrected chi connectivity index (χ4v) is 2.40. The Balaban J connectivity index is 1.94. The van der Waals surface area contributed by atoms with Crippen LogP contribution in [0.15, 0.2) is 36.7 Å². The van der Waals surface area contributed by atoms with E-state index >= 15 is 0 Å². The van der Waals surface area contributed by atoms with E-state index in [1.54, 1.807) is 6.33 Å². The van der Waals surface area contributed by atoms with Gasteiger partial charge in [0.1, 0.15) is 11.3 Å². The number of fused-ring (bicyclic) bond motifs is 1. The zero-order valence-electron chi connectivity index (χ0n) is 12.2. The van der Waals surface area contributed by atoms with Crippen LogP contribution in [0.1, 0.15) is 31.2 Å². The third-order valence-electron chi connectivity index (χ3n) is 3.50. The smallest absolute Gasteiger partial charge is 0.183 e. The molecule has 0 saturated heterocycles. The van der Waals surface area contributed by atoms with Crippen molar-refractivity contribution in [2.45, 2.75) is 32.7 Å². The lowest BCUT2D eigenvalue weighted by atomic mass is 10.2. The van der Waals surface area contributed by atoms with Gasteiger partial charge in [-0.25, -0.2) is 15.0 Å². The minimum atomic E-state index is 0.513. The first-order chi connectivity index (χ1) is 10.3. The second-order valence-electron chi connectivity index (χ2n) is 5.16. The SMILES string of the molecule is CCCCc1nc(N)c2c(ncn2Cc2ccccc2)n1. The summed E-state index contributed by atoms with van der Waals surface area (Å²) in [6, 6.07) is 10.2. The maximum atomic E-state index is 6.12. The Bertz CT molecular complexity index is 733. The minimum Gasteiger partial charge on any atom is -0.382 e. The van der Waals surface area contributed by atoms with E-state index in [1.807, 2.05) is 22.8 Å². The fraction of sp³-hybridized carbons (Fsp3) is 0.312. The molecule has 0 radical (unpaired) electrons. The molecule has 0 atom stereocenters. The predicted molar refractivity (Wildman–Crippen MR) is 83.9 cm³/mol. The number of imidazole rings is 1. The zero-order valence-corrected chi connectivity index (χ0v) is 12.2. The third-order valence-corrected chi connectivity index (χ3v) is 3.50. The number of aryl methyl sites for hydroxylation is 1. The second kappa shape index (κ2) is 5.91. The summed E-state index contributed by atoms with van der Waals surface area (Å²) in [5.74, 6) is 1.30. The topological polar surface area (TPSA) is 69.6 Å². The number of rotatable bonds is 5. The summed E-state index contributed by atoms with van der Waals surface area (Å²) < 4.78 is 2.00. The highest BCUT2D eigenvalue weighted by molar-refractivity contribution is 5.81. The average molecular weight is 281 g/mol. The number of hydrogen-bond donors (Lipinski definition) is 1. The predicted octanol–water partition coefficient (Wildman–Crippen LogP) is 2.80. The van der Waals surface area contributed by atoms with Gasteiger partial charge in [0.2, 0.25) is 0 Å². The van der Waals surface area contributed by atoms with Gasteiger partial charge in [-0.3, -0.25) is 0 Å². The quantitative estimate of drug-likeness (QED) is 0.780. The van der Waals surface area contributed by atoms with E-state index in [2.05, 4.69) is 34.0 Å². The summed E-state index contributed by atoms with van der Waals surface area (Å²) >= 11 is 0.